The summed E-state index contributed by atoms with van der Waals surface area (Å²) in [7, 11) is -3.36. The fraction of sp³-hybridized carbons (Fsp3) is 0.800. The molecule has 0 aromatic rings. The van der Waals surface area contributed by atoms with Gasteiger partial charge < -0.3 is 30.9 Å². The SMILES string of the molecule is C=CCNC(=O)C(=O)C(CCCC)NC(=O)C1C2C(CN1C(=O)C(NC(=O)NC1CCCCC1C1COCCS1(=O)=O)C(C)(C)C)C2(C)C. The number of urea groups is 1. The highest BCUT2D eigenvalue weighted by Crippen LogP contribution is 2.65. The lowest BCUT2D eigenvalue weighted by atomic mass is 9.82. The van der Waals surface area contributed by atoms with Crippen molar-refractivity contribution < 1.29 is 37.1 Å². The summed E-state index contributed by atoms with van der Waals surface area (Å²) in [5, 5.41) is 10.5. The quantitative estimate of drug-likeness (QED) is 0.166. The summed E-state index contributed by atoms with van der Waals surface area (Å²) in [6.45, 7) is 15.8. The summed E-state index contributed by atoms with van der Waals surface area (Å²) >= 11 is 0. The smallest absolute Gasteiger partial charge is 0.315 e. The predicted molar refractivity (Wildman–Crippen MR) is 185 cm³/mol. The summed E-state index contributed by atoms with van der Waals surface area (Å²) in [5.41, 5.74) is -0.947. The van der Waals surface area contributed by atoms with Crippen molar-refractivity contribution in [3.63, 3.8) is 0 Å². The van der Waals surface area contributed by atoms with Crippen LogP contribution < -0.4 is 21.3 Å². The Bertz CT molecular complexity index is 1390. The maximum absolute atomic E-state index is 14.4. The van der Waals surface area contributed by atoms with Gasteiger partial charge in [-0.25, -0.2) is 13.2 Å². The molecule has 5 amide bonds. The molecule has 14 heteroatoms. The van der Waals surface area contributed by atoms with E-state index in [4.69, 9.17) is 4.74 Å². The first kappa shape index (κ1) is 38.8. The van der Waals surface area contributed by atoms with E-state index in [9.17, 15) is 32.4 Å². The van der Waals surface area contributed by atoms with Crippen LogP contribution in [0.25, 0.3) is 0 Å². The molecule has 0 radical (unpaired) electrons. The number of rotatable bonds is 13. The van der Waals surface area contributed by atoms with Crippen molar-refractivity contribution in [3.05, 3.63) is 12.7 Å². The van der Waals surface area contributed by atoms with E-state index in [-0.39, 0.29) is 55.1 Å². The second kappa shape index (κ2) is 15.5. The third-order valence-electron chi connectivity index (χ3n) is 11.1. The van der Waals surface area contributed by atoms with Crippen LogP contribution >= 0.6 is 0 Å². The van der Waals surface area contributed by atoms with Gasteiger partial charge in [0.05, 0.1) is 30.3 Å². The summed E-state index contributed by atoms with van der Waals surface area (Å²) in [6.07, 6.45) is 6.10. The van der Waals surface area contributed by atoms with Crippen LogP contribution in [0.5, 0.6) is 0 Å². The number of hydrogen-bond donors (Lipinski definition) is 4. The van der Waals surface area contributed by atoms with E-state index in [2.05, 4.69) is 41.7 Å². The number of Topliss-reactive ketones (excluding diaryl/α,β-unsaturated/α-hetero) is 1. The van der Waals surface area contributed by atoms with Gasteiger partial charge in [-0.05, 0) is 47.8 Å². The van der Waals surface area contributed by atoms with Gasteiger partial charge in [0, 0.05) is 19.1 Å². The Kier molecular flexibility index (Phi) is 12.3. The molecule has 0 aromatic heterocycles. The van der Waals surface area contributed by atoms with Gasteiger partial charge in [0.15, 0.2) is 9.84 Å². The predicted octanol–water partition coefficient (Wildman–Crippen LogP) is 2.10. The van der Waals surface area contributed by atoms with E-state index in [1.165, 1.54) is 11.0 Å². The molecule has 8 unspecified atom stereocenters. The number of amides is 5. The average Bonchev–Trinajstić information content (AvgIpc) is 3.33. The van der Waals surface area contributed by atoms with Crippen LogP contribution in [0.2, 0.25) is 0 Å². The molecule has 13 nitrogen and oxygen atoms in total. The number of carbonyl (C=O) groups is 5. The van der Waals surface area contributed by atoms with Gasteiger partial charge in [-0.1, -0.05) is 73.3 Å². The van der Waals surface area contributed by atoms with E-state index < -0.39 is 74.2 Å². The van der Waals surface area contributed by atoms with Crippen molar-refractivity contribution in [1.82, 2.24) is 26.2 Å². The van der Waals surface area contributed by atoms with Crippen LogP contribution in [-0.4, -0.2) is 104 Å². The Morgan fingerprint density at radius 2 is 1.78 bits per heavy atom. The number of carbonyl (C=O) groups excluding carboxylic acids is 5. The van der Waals surface area contributed by atoms with Crippen molar-refractivity contribution in [1.29, 1.82) is 0 Å². The molecule has 2 heterocycles. The molecular weight excluding hydrogens is 650 g/mol. The fourth-order valence-corrected chi connectivity index (χ4v) is 9.93. The largest absolute Gasteiger partial charge is 0.379 e. The van der Waals surface area contributed by atoms with E-state index in [0.717, 1.165) is 19.3 Å². The lowest BCUT2D eigenvalue weighted by molar-refractivity contribution is -0.145. The summed E-state index contributed by atoms with van der Waals surface area (Å²) in [5.74, 6) is -2.86. The second-order valence-corrected chi connectivity index (χ2v) is 18.2. The third-order valence-corrected chi connectivity index (χ3v) is 13.3. The van der Waals surface area contributed by atoms with Crippen molar-refractivity contribution in [2.45, 2.75) is 116 Å². The van der Waals surface area contributed by atoms with Gasteiger partial charge in [0.2, 0.25) is 17.6 Å². The van der Waals surface area contributed by atoms with Crippen LogP contribution in [0.15, 0.2) is 12.7 Å². The Hall–Kier alpha value is -3.00. The number of nitrogens with zero attached hydrogens (tertiary/aromatic N) is 1. The monoisotopic (exact) mass is 707 g/mol. The minimum Gasteiger partial charge on any atom is -0.379 e. The zero-order valence-corrected chi connectivity index (χ0v) is 30.8. The number of sulfone groups is 1. The van der Waals surface area contributed by atoms with Crippen LogP contribution in [0.4, 0.5) is 4.79 Å². The van der Waals surface area contributed by atoms with E-state index in [0.29, 0.717) is 25.8 Å². The molecule has 2 aliphatic heterocycles. The number of likely N-dealkylation sites (tertiary alicyclic amines) is 1. The zero-order valence-electron chi connectivity index (χ0n) is 30.0. The van der Waals surface area contributed by atoms with Crippen molar-refractivity contribution in [3.8, 4) is 0 Å². The summed E-state index contributed by atoms with van der Waals surface area (Å²) < 4.78 is 31.4. The molecule has 276 valence electrons. The molecule has 2 saturated heterocycles. The van der Waals surface area contributed by atoms with Crippen LogP contribution in [0.3, 0.4) is 0 Å². The maximum atomic E-state index is 14.4. The van der Waals surface area contributed by atoms with Crippen LogP contribution in [-0.2, 0) is 33.8 Å². The van der Waals surface area contributed by atoms with Gasteiger partial charge in [0.25, 0.3) is 5.91 Å². The first-order valence-electron chi connectivity index (χ1n) is 17.9. The number of fused-ring (bicyclic) bond motifs is 1. The molecule has 49 heavy (non-hydrogen) atoms. The molecule has 8 atom stereocenters. The fourth-order valence-electron chi connectivity index (χ4n) is 8.12. The highest BCUT2D eigenvalue weighted by Gasteiger charge is 2.70. The Balaban J connectivity index is 1.51. The second-order valence-electron chi connectivity index (χ2n) is 15.9. The van der Waals surface area contributed by atoms with Crippen LogP contribution in [0, 0.1) is 28.6 Å². The molecule has 4 rings (SSSR count). The topological polar surface area (TPSA) is 180 Å². The summed E-state index contributed by atoms with van der Waals surface area (Å²) in [4.78, 5) is 69.2. The minimum atomic E-state index is -3.36. The standard InChI is InChI=1S/C35H57N5O8S/c1-8-10-14-24(28(41)31(43)36-16-9-2)37-30(42)27-26-22(35(26,6)7)19-40(27)32(44)29(34(3,4)5)39-33(45)38-23-15-12-11-13-21(23)25-20-48-17-18-49(25,46)47/h9,21-27,29H,2,8,10-20H2,1,3-7H3,(H,36,43)(H,37,42)(H2,38,39,45). The molecule has 2 aliphatic carbocycles. The molecular formula is C35H57N5O8S. The highest BCUT2D eigenvalue weighted by molar-refractivity contribution is 7.92. The van der Waals surface area contributed by atoms with Gasteiger partial charge in [-0.2, -0.15) is 0 Å². The Labute approximate surface area is 291 Å². The molecule has 4 N–H and O–H groups in total. The van der Waals surface area contributed by atoms with E-state index in [1.54, 1.807) is 0 Å². The van der Waals surface area contributed by atoms with Gasteiger partial charge >= 0.3 is 6.03 Å². The third kappa shape index (κ3) is 8.66. The van der Waals surface area contributed by atoms with Gasteiger partial charge in [-0.3, -0.25) is 19.2 Å². The molecule has 4 fully saturated rings. The van der Waals surface area contributed by atoms with Gasteiger partial charge in [0.1, 0.15) is 12.1 Å². The first-order chi connectivity index (χ1) is 22.9. The lowest BCUT2D eigenvalue weighted by Gasteiger charge is -2.40. The van der Waals surface area contributed by atoms with Gasteiger partial charge in [-0.15, -0.1) is 6.58 Å². The maximum Gasteiger partial charge on any atom is 0.315 e. The Morgan fingerprint density at radius 3 is 2.41 bits per heavy atom. The molecule has 0 aromatic carbocycles. The Morgan fingerprint density at radius 1 is 1.08 bits per heavy atom. The molecule has 4 aliphatic rings. The molecule has 0 spiro atoms. The van der Waals surface area contributed by atoms with Crippen LogP contribution in [0.1, 0.15) is 86.5 Å². The molecule has 2 saturated carbocycles. The summed E-state index contributed by atoms with van der Waals surface area (Å²) in [6, 6.07) is -3.89. The highest BCUT2D eigenvalue weighted by atomic mass is 32.2. The normalized spacial score (nSPS) is 29.8. The average molecular weight is 708 g/mol. The number of nitrogens with one attached hydrogen (secondary N) is 4. The number of ether oxygens (including phenoxy) is 1. The first-order valence-corrected chi connectivity index (χ1v) is 19.6. The number of hydrogen-bond acceptors (Lipinski definition) is 8. The van der Waals surface area contributed by atoms with Crippen molar-refractivity contribution in [2.75, 3.05) is 32.1 Å². The van der Waals surface area contributed by atoms with E-state index in [1.807, 2.05) is 27.7 Å². The van der Waals surface area contributed by atoms with Crippen molar-refractivity contribution >= 4 is 39.4 Å². The number of ketones is 1. The van der Waals surface area contributed by atoms with E-state index >= 15 is 0 Å². The number of unbranched alkanes of at least 4 members (excludes halogenated alkanes) is 1. The number of piperidine rings is 1. The van der Waals surface area contributed by atoms with Crippen molar-refractivity contribution in [2.24, 2.45) is 28.6 Å². The zero-order chi connectivity index (χ0) is 36.3. The minimum absolute atomic E-state index is 0.0346. The molecule has 0 bridgehead atoms. The lowest BCUT2D eigenvalue weighted by Crippen LogP contribution is -2.62.